The first-order valence-electron chi connectivity index (χ1n) is 22.5. The Hall–Kier alpha value is -7.17. The van der Waals surface area contributed by atoms with Crippen LogP contribution in [0.2, 0.25) is 0 Å². The number of amidine groups is 1. The number of carbonyl (C=O) groups is 10. The van der Waals surface area contributed by atoms with Gasteiger partial charge in [-0.1, -0.05) is 0 Å². The molecule has 1 aromatic carbocycles. The molecule has 3 heterocycles. The fraction of sp³-hybridized carbons (Fsp3) is 0.595. The summed E-state index contributed by atoms with van der Waals surface area (Å²) in [6.45, 7) is 3.87. The molecule has 0 aliphatic carbocycles. The highest BCUT2D eigenvalue weighted by molar-refractivity contribution is 6.10. The zero-order valence-corrected chi connectivity index (χ0v) is 38.7. The van der Waals surface area contributed by atoms with E-state index in [2.05, 4.69) is 42.2 Å². The van der Waals surface area contributed by atoms with Crippen LogP contribution in [0.25, 0.3) is 0 Å². The number of hydrogen-bond donors (Lipinski definition) is 15. The second kappa shape index (κ2) is 24.9. The van der Waals surface area contributed by atoms with E-state index >= 15 is 0 Å². The van der Waals surface area contributed by atoms with Crippen molar-refractivity contribution in [1.82, 2.24) is 42.3 Å². The summed E-state index contributed by atoms with van der Waals surface area (Å²) in [7, 11) is 0. The number of phenols is 2. The Morgan fingerprint density at radius 1 is 0.800 bits per heavy atom. The van der Waals surface area contributed by atoms with Gasteiger partial charge in [0.05, 0.1) is 23.9 Å². The van der Waals surface area contributed by atoms with Gasteiger partial charge in [0.15, 0.2) is 17.6 Å². The lowest BCUT2D eigenvalue weighted by atomic mass is 9.92. The first kappa shape index (κ1) is 55.4. The van der Waals surface area contributed by atoms with Crippen molar-refractivity contribution in [2.45, 2.75) is 139 Å². The predicted molar refractivity (Wildman–Crippen MR) is 241 cm³/mol. The minimum atomic E-state index is -2.53. The van der Waals surface area contributed by atoms with Crippen molar-refractivity contribution in [3.05, 3.63) is 17.7 Å². The summed E-state index contributed by atoms with van der Waals surface area (Å²) in [6, 6.07) is -8.21. The normalized spacial score (nSPS) is 20.5. The summed E-state index contributed by atoms with van der Waals surface area (Å²) in [4.78, 5) is 133. The number of fused-ring (bicyclic) bond motifs is 3. The maximum Gasteiger partial charge on any atom is 0.335 e. The zero-order valence-electron chi connectivity index (χ0n) is 38.7. The molecule has 4 rings (SSSR count). The standard InChI is InChI=1S/C42H62N12O16/c1-18(35(61)50-23-8-6-14-53(70)41(23)67)47-39(65)31(20(3)55)51-36(62)19(2)48-40(66)32(33(60)42(68)69)52-37(63)22(43)7-4-5-12-46-38(64)25-11-13-45-34-24(49-30(59)10-9-29(44)58)15-21-16-27(56)28(57)17-26(21)54(25)34/h16-20,22-25,31-33,55-57,60,70H,4-15,43H2,1-3H3,(H2,44,58)(H,46,64)(H,47,65)(H,48,66)(H,49,59)(H,50,61)(H,51,62)(H,52,63)(H,68,69)/t18?,19?,20?,22?,23?,24?,25-,31?,32?,33?/m1/s1. The molecule has 9 amide bonds. The van der Waals surface area contributed by atoms with Crippen LogP contribution in [-0.2, 0) is 54.4 Å². The molecule has 3 aliphatic rings. The number of carboxylic acid groups (broad SMARTS) is 1. The monoisotopic (exact) mass is 990 g/mol. The maximum atomic E-state index is 13.7. The summed E-state index contributed by atoms with van der Waals surface area (Å²) in [5, 5.41) is 77.5. The Bertz CT molecular complexity index is 2210. The number of aliphatic hydroxyl groups is 2. The van der Waals surface area contributed by atoms with E-state index in [-0.39, 0.29) is 71.0 Å². The molecule has 28 heteroatoms. The van der Waals surface area contributed by atoms with Gasteiger partial charge in [-0.3, -0.25) is 53.4 Å². The quantitative estimate of drug-likeness (QED) is 0.0276. The molecule has 1 fully saturated rings. The van der Waals surface area contributed by atoms with E-state index in [1.807, 2.05) is 0 Å². The third-order valence-electron chi connectivity index (χ3n) is 11.7. The molecule has 28 nitrogen and oxygen atoms in total. The van der Waals surface area contributed by atoms with Crippen LogP contribution in [0.5, 0.6) is 11.5 Å². The number of amides is 9. The third-order valence-corrected chi connectivity index (χ3v) is 11.7. The molecule has 386 valence electrons. The predicted octanol–water partition coefficient (Wildman–Crippen LogP) is -5.70. The molecule has 70 heavy (non-hydrogen) atoms. The molecule has 10 atom stereocenters. The molecule has 17 N–H and O–H groups in total. The first-order chi connectivity index (χ1) is 32.9. The Labute approximate surface area is 400 Å². The number of aromatic hydroxyl groups is 2. The lowest BCUT2D eigenvalue weighted by Crippen LogP contribution is -2.62. The lowest BCUT2D eigenvalue weighted by molar-refractivity contribution is -0.173. The highest BCUT2D eigenvalue weighted by atomic mass is 16.5. The van der Waals surface area contributed by atoms with Gasteiger partial charge in [-0.2, -0.15) is 0 Å². The molecule has 0 radical (unpaired) electrons. The van der Waals surface area contributed by atoms with Crippen LogP contribution in [0, 0.1) is 0 Å². The summed E-state index contributed by atoms with van der Waals surface area (Å²) >= 11 is 0. The van der Waals surface area contributed by atoms with E-state index in [1.54, 1.807) is 4.90 Å². The second-order valence-electron chi connectivity index (χ2n) is 17.2. The number of rotatable bonds is 23. The van der Waals surface area contributed by atoms with Gasteiger partial charge in [0.1, 0.15) is 42.1 Å². The number of unbranched alkanes of at least 4 members (excludes halogenated alkanes) is 1. The summed E-state index contributed by atoms with van der Waals surface area (Å²) in [6.07, 6.45) is -3.05. The number of hydroxylamine groups is 2. The van der Waals surface area contributed by atoms with Crippen molar-refractivity contribution in [3.8, 4) is 11.5 Å². The number of benzene rings is 1. The first-order valence-corrected chi connectivity index (χ1v) is 22.5. The number of aliphatic hydroxyl groups excluding tert-OH is 2. The number of carboxylic acids is 1. The number of piperidine rings is 1. The van der Waals surface area contributed by atoms with E-state index in [9.17, 15) is 78.7 Å². The third kappa shape index (κ3) is 14.7. The van der Waals surface area contributed by atoms with Gasteiger partial charge >= 0.3 is 5.97 Å². The second-order valence-corrected chi connectivity index (χ2v) is 17.2. The van der Waals surface area contributed by atoms with Crippen LogP contribution in [0.4, 0.5) is 5.69 Å². The number of nitrogens with one attached hydrogen (secondary N) is 7. The van der Waals surface area contributed by atoms with Crippen LogP contribution in [0.3, 0.4) is 0 Å². The number of nitrogens with two attached hydrogens (primary N) is 2. The van der Waals surface area contributed by atoms with E-state index in [1.165, 1.54) is 19.1 Å². The molecule has 3 aliphatic heterocycles. The van der Waals surface area contributed by atoms with Gasteiger partial charge in [0.2, 0.25) is 47.3 Å². The Morgan fingerprint density at radius 3 is 2.07 bits per heavy atom. The molecule has 0 spiro atoms. The van der Waals surface area contributed by atoms with Crippen molar-refractivity contribution >= 4 is 70.7 Å². The molecular weight excluding hydrogens is 929 g/mol. The molecule has 0 bridgehead atoms. The maximum absolute atomic E-state index is 13.7. The minimum absolute atomic E-state index is 0.0549. The number of phenolic OH excluding ortho intramolecular Hbond substituents is 2. The number of nitrogens with zero attached hydrogens (tertiary/aromatic N) is 3. The average molecular weight is 991 g/mol. The van der Waals surface area contributed by atoms with Crippen molar-refractivity contribution < 1.29 is 78.7 Å². The molecule has 1 aromatic rings. The van der Waals surface area contributed by atoms with Crippen molar-refractivity contribution in [2.24, 2.45) is 16.5 Å². The van der Waals surface area contributed by atoms with E-state index in [0.29, 0.717) is 28.6 Å². The smallest absolute Gasteiger partial charge is 0.335 e. The van der Waals surface area contributed by atoms with Crippen LogP contribution >= 0.6 is 0 Å². The Balaban J connectivity index is 1.29. The van der Waals surface area contributed by atoms with Crippen molar-refractivity contribution in [1.29, 1.82) is 0 Å². The van der Waals surface area contributed by atoms with Crippen LogP contribution in [0.15, 0.2) is 17.1 Å². The highest BCUT2D eigenvalue weighted by Gasteiger charge is 2.42. The van der Waals surface area contributed by atoms with E-state index in [4.69, 9.17) is 11.5 Å². The number of primary amides is 1. The Morgan fingerprint density at radius 2 is 1.43 bits per heavy atom. The summed E-state index contributed by atoms with van der Waals surface area (Å²) in [5.41, 5.74) is 12.1. The number of aliphatic carboxylic acids is 1. The van der Waals surface area contributed by atoms with Crippen LogP contribution in [0.1, 0.15) is 77.7 Å². The highest BCUT2D eigenvalue weighted by Crippen LogP contribution is 2.40. The zero-order chi connectivity index (χ0) is 52.1. The topological polar surface area (TPSA) is 447 Å². The molecular formula is C42H62N12O16. The summed E-state index contributed by atoms with van der Waals surface area (Å²) in [5.74, 6) is -10.2. The number of hydrogen-bond acceptors (Lipinski definition) is 18. The van der Waals surface area contributed by atoms with E-state index in [0.717, 1.165) is 13.8 Å². The van der Waals surface area contributed by atoms with Gasteiger partial charge in [-0.05, 0) is 70.9 Å². The van der Waals surface area contributed by atoms with Gasteiger partial charge in [-0.25, -0.2) is 9.86 Å². The van der Waals surface area contributed by atoms with Crippen molar-refractivity contribution in [2.75, 3.05) is 24.5 Å². The van der Waals surface area contributed by atoms with Crippen LogP contribution in [-0.4, -0.2) is 181 Å². The lowest BCUT2D eigenvalue weighted by Gasteiger charge is -2.43. The van der Waals surface area contributed by atoms with Gasteiger partial charge < -0.3 is 79.1 Å². The molecule has 0 aromatic heterocycles. The summed E-state index contributed by atoms with van der Waals surface area (Å²) < 4.78 is 0. The molecule has 0 saturated carbocycles. The molecule has 9 unspecified atom stereocenters. The number of carbonyl (C=O) groups excluding carboxylic acids is 9. The average Bonchev–Trinajstić information content (AvgIpc) is 3.30. The van der Waals surface area contributed by atoms with Crippen LogP contribution < -0.4 is 53.6 Å². The SMILES string of the molecule is CC(NC(=O)C(NC(=O)C(C)NC(=O)C(NC(=O)C(N)CCCCNC(=O)[C@H]1CCN=C2C(NC(=O)CCC(N)=O)Cc3cc(O)c(O)cc3N21)C(O)C(=O)O)C(C)O)C(=O)NC1CCCN(O)C1=O. The molecule has 1 saturated heterocycles. The number of aliphatic imine (C=N–C) groups is 1. The fourth-order valence-corrected chi connectivity index (χ4v) is 7.76. The largest absolute Gasteiger partial charge is 0.504 e. The van der Waals surface area contributed by atoms with Gasteiger partial charge in [0.25, 0.3) is 5.91 Å². The van der Waals surface area contributed by atoms with Crippen molar-refractivity contribution in [3.63, 3.8) is 0 Å². The van der Waals surface area contributed by atoms with E-state index < -0.39 is 131 Å². The van der Waals surface area contributed by atoms with Gasteiger partial charge in [-0.15, -0.1) is 0 Å². The fourth-order valence-electron chi connectivity index (χ4n) is 7.76. The number of anilines is 1. The minimum Gasteiger partial charge on any atom is -0.504 e. The Kier molecular flexibility index (Phi) is 19.7. The van der Waals surface area contributed by atoms with Gasteiger partial charge in [0, 0.05) is 45.0 Å².